The number of unbranched alkanes of at least 4 members (excludes halogenated alkanes) is 47. The summed E-state index contributed by atoms with van der Waals surface area (Å²) in [6, 6.07) is 0. The molecule has 600 valence electrons. The smallest absolute Gasteiger partial charge is 0.462 e. The van der Waals surface area contributed by atoms with E-state index in [0.29, 0.717) is 31.6 Å². The van der Waals surface area contributed by atoms with Crippen molar-refractivity contribution in [2.75, 3.05) is 39.6 Å². The van der Waals surface area contributed by atoms with Crippen molar-refractivity contribution in [3.8, 4) is 0 Å². The fourth-order valence-corrected chi connectivity index (χ4v) is 14.2. The molecule has 0 aromatic heterocycles. The van der Waals surface area contributed by atoms with E-state index in [1.165, 1.54) is 231 Å². The molecule has 0 aromatic rings. The number of hydrogen-bond donors (Lipinski definition) is 3. The van der Waals surface area contributed by atoms with E-state index in [0.717, 1.165) is 108 Å². The molecule has 3 unspecified atom stereocenters. The molecule has 0 spiro atoms. The summed E-state index contributed by atoms with van der Waals surface area (Å²) >= 11 is 0. The van der Waals surface area contributed by atoms with E-state index in [4.69, 9.17) is 37.0 Å². The van der Waals surface area contributed by atoms with Gasteiger partial charge in [-0.15, -0.1) is 0 Å². The highest BCUT2D eigenvalue weighted by Gasteiger charge is 2.30. The molecule has 0 aromatic carbocycles. The zero-order valence-corrected chi connectivity index (χ0v) is 68.2. The Bertz CT molecular complexity index is 1960. The van der Waals surface area contributed by atoms with Gasteiger partial charge >= 0.3 is 39.5 Å². The lowest BCUT2D eigenvalue weighted by molar-refractivity contribution is -0.161. The topological polar surface area (TPSA) is 237 Å². The van der Waals surface area contributed by atoms with Crippen LogP contribution in [0.5, 0.6) is 0 Å². The van der Waals surface area contributed by atoms with Gasteiger partial charge in [0.15, 0.2) is 12.2 Å². The van der Waals surface area contributed by atoms with Gasteiger partial charge in [-0.2, -0.15) is 0 Å². The molecule has 0 rings (SSSR count). The lowest BCUT2D eigenvalue weighted by atomic mass is 9.99. The van der Waals surface area contributed by atoms with Gasteiger partial charge in [-0.05, 0) is 43.4 Å². The lowest BCUT2D eigenvalue weighted by Crippen LogP contribution is -2.30. The second kappa shape index (κ2) is 72.3. The largest absolute Gasteiger partial charge is 0.472 e. The van der Waals surface area contributed by atoms with Gasteiger partial charge in [-0.3, -0.25) is 37.3 Å². The van der Waals surface area contributed by atoms with Gasteiger partial charge in [0.1, 0.15) is 19.3 Å². The molecule has 0 heterocycles. The summed E-state index contributed by atoms with van der Waals surface area (Å²) in [5.74, 6) is 0.180. The Kier molecular flexibility index (Phi) is 70.9. The summed E-state index contributed by atoms with van der Waals surface area (Å²) in [6.07, 6.45) is 61.3. The molecule has 0 aliphatic carbocycles. The monoisotopic (exact) mass is 1480 g/mol. The predicted octanol–water partition coefficient (Wildman–Crippen LogP) is 24.5. The van der Waals surface area contributed by atoms with Crippen LogP contribution < -0.4 is 0 Å². The number of carbonyl (C=O) groups excluding carboxylic acids is 4. The average molecular weight is 1480 g/mol. The third-order valence-corrected chi connectivity index (χ3v) is 21.4. The maximum absolute atomic E-state index is 13.1. The average Bonchev–Trinajstić information content (AvgIpc) is 0.958. The van der Waals surface area contributed by atoms with E-state index in [1.54, 1.807) is 0 Å². The molecule has 0 bridgehead atoms. The number of esters is 4. The summed E-state index contributed by atoms with van der Waals surface area (Å²) in [7, 11) is -9.92. The van der Waals surface area contributed by atoms with Crippen molar-refractivity contribution < 1.29 is 80.2 Å². The predicted molar refractivity (Wildman–Crippen MR) is 414 cm³/mol. The maximum atomic E-state index is 13.1. The Morgan fingerprint density at radius 2 is 0.505 bits per heavy atom. The number of aliphatic hydroxyl groups is 1. The first-order valence-corrected chi connectivity index (χ1v) is 45.4. The van der Waals surface area contributed by atoms with E-state index in [-0.39, 0.29) is 25.7 Å². The zero-order chi connectivity index (χ0) is 74.4. The molecule has 101 heavy (non-hydrogen) atoms. The molecule has 0 aliphatic heterocycles. The molecule has 0 radical (unpaired) electrons. The van der Waals surface area contributed by atoms with Gasteiger partial charge in [-0.1, -0.05) is 376 Å². The summed E-state index contributed by atoms with van der Waals surface area (Å²) in [4.78, 5) is 73.0. The first kappa shape index (κ1) is 99.1. The van der Waals surface area contributed by atoms with Gasteiger partial charge in [0, 0.05) is 25.7 Å². The number of carbonyl (C=O) groups is 4. The lowest BCUT2D eigenvalue weighted by Gasteiger charge is -2.21. The number of phosphoric acid groups is 2. The minimum absolute atomic E-state index is 0.104. The van der Waals surface area contributed by atoms with Crippen molar-refractivity contribution in [1.82, 2.24) is 0 Å². The SMILES string of the molecule is CCCCCCCCCCCCCCCCCCCCC(=O)OC[C@H](COP(=O)(O)OC[C@@H](O)COP(=O)(O)OC[C@@H](COC(=O)CCCCCCCCCC(C)C)OC(=O)CCCCCCCCCCC(C)C)OC(=O)CCCCCCCCCCCCCCCCCCCCC(C)CC. The summed E-state index contributed by atoms with van der Waals surface area (Å²) in [5.41, 5.74) is 0. The van der Waals surface area contributed by atoms with E-state index >= 15 is 0 Å². The van der Waals surface area contributed by atoms with Crippen molar-refractivity contribution in [3.63, 3.8) is 0 Å². The Morgan fingerprint density at radius 3 is 0.752 bits per heavy atom. The highest BCUT2D eigenvalue weighted by atomic mass is 31.2. The van der Waals surface area contributed by atoms with Gasteiger partial charge in [0.05, 0.1) is 26.4 Å². The molecule has 0 amide bonds. The van der Waals surface area contributed by atoms with E-state index in [1.807, 2.05) is 0 Å². The molecule has 0 saturated heterocycles. The number of ether oxygens (including phenoxy) is 4. The first-order chi connectivity index (χ1) is 48.8. The van der Waals surface area contributed by atoms with Crippen molar-refractivity contribution in [3.05, 3.63) is 0 Å². The van der Waals surface area contributed by atoms with Crippen molar-refractivity contribution in [2.24, 2.45) is 17.8 Å². The second-order valence-electron chi connectivity index (χ2n) is 30.7. The fraction of sp³-hybridized carbons (Fsp3) is 0.951. The Hall–Kier alpha value is -1.94. The van der Waals surface area contributed by atoms with Crippen LogP contribution in [0.15, 0.2) is 0 Å². The van der Waals surface area contributed by atoms with Gasteiger partial charge < -0.3 is 33.8 Å². The van der Waals surface area contributed by atoms with E-state index in [2.05, 4.69) is 48.5 Å². The van der Waals surface area contributed by atoms with Crippen LogP contribution in [-0.2, 0) is 65.4 Å². The molecular formula is C82H160O17P2. The van der Waals surface area contributed by atoms with Gasteiger partial charge in [0.2, 0.25) is 0 Å². The molecule has 0 saturated carbocycles. The summed E-state index contributed by atoms with van der Waals surface area (Å²) in [6.45, 7) is 11.9. The molecule has 0 aliphatic rings. The van der Waals surface area contributed by atoms with Crippen molar-refractivity contribution in [2.45, 2.75) is 446 Å². The molecule has 19 heteroatoms. The number of aliphatic hydroxyl groups excluding tert-OH is 1. The van der Waals surface area contributed by atoms with Crippen LogP contribution in [0.2, 0.25) is 0 Å². The molecule has 6 atom stereocenters. The first-order valence-electron chi connectivity index (χ1n) is 42.4. The van der Waals surface area contributed by atoms with Crippen LogP contribution in [0.4, 0.5) is 0 Å². The highest BCUT2D eigenvalue weighted by molar-refractivity contribution is 7.47. The standard InChI is InChI=1S/C82H160O17P2/c1-8-10-11-12-13-14-15-16-17-18-22-25-28-31-34-42-49-56-63-79(84)92-69-77(98-81(86)65-58-51-43-35-32-29-26-23-20-19-21-24-27-30-33-41-48-55-62-75(7)9-2)71-96-100(88,89)94-67-76(83)68-95-101(90,91)97-72-78(70-93-80(85)64-57-50-45-38-40-47-54-61-74(5)6)99-82(87)66-59-52-44-37-36-39-46-53-60-73(3)4/h73-78,83H,8-72H2,1-7H3,(H,88,89)(H,90,91)/t75?,76-,77-,78-/m1/s1. The van der Waals surface area contributed by atoms with Crippen LogP contribution in [0.3, 0.4) is 0 Å². The van der Waals surface area contributed by atoms with Crippen LogP contribution in [0.25, 0.3) is 0 Å². The summed E-state index contributed by atoms with van der Waals surface area (Å²) in [5, 5.41) is 10.6. The van der Waals surface area contributed by atoms with E-state index < -0.39 is 97.5 Å². The third-order valence-electron chi connectivity index (χ3n) is 19.5. The highest BCUT2D eigenvalue weighted by Crippen LogP contribution is 2.45. The van der Waals surface area contributed by atoms with Crippen LogP contribution in [-0.4, -0.2) is 96.7 Å². The molecule has 17 nitrogen and oxygen atoms in total. The number of hydrogen-bond acceptors (Lipinski definition) is 15. The summed E-state index contributed by atoms with van der Waals surface area (Å²) < 4.78 is 68.7. The second-order valence-corrected chi connectivity index (χ2v) is 33.6. The van der Waals surface area contributed by atoms with Gasteiger partial charge in [0.25, 0.3) is 0 Å². The fourth-order valence-electron chi connectivity index (χ4n) is 12.6. The Balaban J connectivity index is 5.20. The Labute approximate surface area is 619 Å². The van der Waals surface area contributed by atoms with Crippen LogP contribution in [0.1, 0.15) is 427 Å². The normalized spacial score (nSPS) is 14.2. The van der Waals surface area contributed by atoms with Gasteiger partial charge in [-0.25, -0.2) is 9.13 Å². The zero-order valence-electron chi connectivity index (χ0n) is 66.4. The molecule has 3 N–H and O–H groups in total. The van der Waals surface area contributed by atoms with Crippen LogP contribution >= 0.6 is 15.6 Å². The van der Waals surface area contributed by atoms with Crippen LogP contribution in [0, 0.1) is 17.8 Å². The van der Waals surface area contributed by atoms with Crippen molar-refractivity contribution >= 4 is 39.5 Å². The van der Waals surface area contributed by atoms with Crippen molar-refractivity contribution in [1.29, 1.82) is 0 Å². The minimum atomic E-state index is -4.96. The minimum Gasteiger partial charge on any atom is -0.462 e. The van der Waals surface area contributed by atoms with E-state index in [9.17, 15) is 43.2 Å². The quantitative estimate of drug-likeness (QED) is 0.0222. The number of phosphoric ester groups is 2. The third kappa shape index (κ3) is 74.7. The number of rotatable bonds is 80. The maximum Gasteiger partial charge on any atom is 0.472 e. The molecular weight excluding hydrogens is 1320 g/mol. The Morgan fingerprint density at radius 1 is 0.287 bits per heavy atom. The molecule has 0 fully saturated rings.